The van der Waals surface area contributed by atoms with E-state index >= 15 is 0 Å². The van der Waals surface area contributed by atoms with Gasteiger partial charge in [0.15, 0.2) is 5.82 Å². The maximum Gasteiger partial charge on any atom is 0.291 e. The van der Waals surface area contributed by atoms with Gasteiger partial charge in [0.1, 0.15) is 0 Å². The van der Waals surface area contributed by atoms with Crippen molar-refractivity contribution in [1.29, 1.82) is 0 Å². The maximum absolute atomic E-state index is 12.6. The minimum Gasteiger partial charge on any atom is -0.378 e. The lowest BCUT2D eigenvalue weighted by Gasteiger charge is -2.11. The Morgan fingerprint density at radius 3 is 2.38 bits per heavy atom. The molecule has 0 unspecified atom stereocenters. The van der Waals surface area contributed by atoms with Crippen molar-refractivity contribution in [3.63, 3.8) is 0 Å². The van der Waals surface area contributed by atoms with E-state index in [1.807, 2.05) is 61.5 Å². The van der Waals surface area contributed by atoms with Crippen molar-refractivity contribution >= 4 is 39.7 Å². The highest BCUT2D eigenvalue weighted by Gasteiger charge is 2.11. The molecule has 4 rings (SSSR count). The van der Waals surface area contributed by atoms with Crippen LogP contribution in [0.1, 0.15) is 5.56 Å². The van der Waals surface area contributed by atoms with E-state index in [-0.39, 0.29) is 5.56 Å². The predicted octanol–water partition coefficient (Wildman–Crippen LogP) is 3.09. The van der Waals surface area contributed by atoms with Gasteiger partial charge in [0.2, 0.25) is 4.96 Å². The predicted molar refractivity (Wildman–Crippen MR) is 107 cm³/mol. The van der Waals surface area contributed by atoms with Crippen LogP contribution in [0.15, 0.2) is 53.3 Å². The topological polar surface area (TPSA) is 50.5 Å². The first-order valence-corrected chi connectivity index (χ1v) is 9.15. The molecule has 5 nitrogen and oxygen atoms in total. The largest absolute Gasteiger partial charge is 0.378 e. The fourth-order valence-corrected chi connectivity index (χ4v) is 3.61. The molecule has 26 heavy (non-hydrogen) atoms. The molecule has 0 N–H and O–H groups in total. The van der Waals surface area contributed by atoms with Gasteiger partial charge in [-0.2, -0.15) is 9.50 Å². The Hall–Kier alpha value is -2.70. The van der Waals surface area contributed by atoms with Gasteiger partial charge in [0.05, 0.1) is 4.53 Å². The zero-order valence-electron chi connectivity index (χ0n) is 14.2. The molecule has 0 radical (unpaired) electrons. The molecular weight excluding hydrogens is 368 g/mol. The summed E-state index contributed by atoms with van der Waals surface area (Å²) < 4.78 is 1.97. The lowest BCUT2D eigenvalue weighted by atomic mass is 10.2. The summed E-state index contributed by atoms with van der Waals surface area (Å²) in [5.74, 6) is 0.520. The Morgan fingerprint density at radius 1 is 1.08 bits per heavy atom. The third-order valence-corrected chi connectivity index (χ3v) is 5.20. The SMILES string of the molecule is CN(C)c1ccc(/C=c2\sc3nc(-c4ccc(Cl)cc4)nn3c2=O)cc1. The molecule has 2 aromatic carbocycles. The Labute approximate surface area is 158 Å². The molecule has 2 aromatic heterocycles. The van der Waals surface area contributed by atoms with E-state index in [9.17, 15) is 4.79 Å². The van der Waals surface area contributed by atoms with Gasteiger partial charge in [0, 0.05) is 30.4 Å². The minimum atomic E-state index is -0.158. The second kappa shape index (κ2) is 6.55. The molecule has 130 valence electrons. The first kappa shape index (κ1) is 16.8. The van der Waals surface area contributed by atoms with Gasteiger partial charge in [0.25, 0.3) is 5.56 Å². The normalized spacial score (nSPS) is 12.0. The van der Waals surface area contributed by atoms with Crippen LogP contribution < -0.4 is 15.0 Å². The van der Waals surface area contributed by atoms with E-state index in [0.717, 1.165) is 16.8 Å². The zero-order valence-corrected chi connectivity index (χ0v) is 15.8. The van der Waals surface area contributed by atoms with Crippen LogP contribution in [0.2, 0.25) is 5.02 Å². The van der Waals surface area contributed by atoms with Crippen LogP contribution in [0, 0.1) is 0 Å². The molecule has 7 heteroatoms. The fourth-order valence-electron chi connectivity index (χ4n) is 2.58. The molecule has 0 amide bonds. The summed E-state index contributed by atoms with van der Waals surface area (Å²) in [5.41, 5.74) is 2.75. The van der Waals surface area contributed by atoms with Gasteiger partial charge in [-0.05, 0) is 48.0 Å². The number of rotatable bonds is 3. The molecule has 4 aromatic rings. The van der Waals surface area contributed by atoms with E-state index < -0.39 is 0 Å². The lowest BCUT2D eigenvalue weighted by molar-refractivity contribution is 0.937. The summed E-state index contributed by atoms with van der Waals surface area (Å²) in [5, 5.41) is 4.99. The van der Waals surface area contributed by atoms with Gasteiger partial charge in [-0.3, -0.25) is 4.79 Å². The van der Waals surface area contributed by atoms with E-state index in [2.05, 4.69) is 10.1 Å². The van der Waals surface area contributed by atoms with Crippen LogP contribution in [-0.4, -0.2) is 28.7 Å². The molecular formula is C19H15ClN4OS. The highest BCUT2D eigenvalue weighted by Crippen LogP contribution is 2.19. The van der Waals surface area contributed by atoms with Crippen LogP contribution >= 0.6 is 22.9 Å². The first-order valence-electron chi connectivity index (χ1n) is 7.96. The molecule has 0 bridgehead atoms. The Bertz CT molecular complexity index is 1180. The minimum absolute atomic E-state index is 0.158. The molecule has 0 aliphatic rings. The number of nitrogens with zero attached hydrogens (tertiary/aromatic N) is 4. The number of halogens is 1. The Kier molecular flexibility index (Phi) is 4.22. The van der Waals surface area contributed by atoms with Crippen molar-refractivity contribution < 1.29 is 0 Å². The number of hydrogen-bond donors (Lipinski definition) is 0. The highest BCUT2D eigenvalue weighted by molar-refractivity contribution is 7.15. The third-order valence-electron chi connectivity index (χ3n) is 3.99. The molecule has 2 heterocycles. The molecule has 0 aliphatic carbocycles. The quantitative estimate of drug-likeness (QED) is 0.546. The Balaban J connectivity index is 1.73. The van der Waals surface area contributed by atoms with Crippen LogP contribution in [0.25, 0.3) is 22.4 Å². The van der Waals surface area contributed by atoms with Crippen molar-refractivity contribution in [2.45, 2.75) is 0 Å². The molecule has 0 atom stereocenters. The summed E-state index contributed by atoms with van der Waals surface area (Å²) in [6.07, 6.45) is 1.87. The van der Waals surface area contributed by atoms with E-state index in [1.54, 1.807) is 12.1 Å². The smallest absolute Gasteiger partial charge is 0.291 e. The number of benzene rings is 2. The molecule has 0 aliphatic heterocycles. The maximum atomic E-state index is 12.6. The summed E-state index contributed by atoms with van der Waals surface area (Å²) in [6, 6.07) is 15.3. The third kappa shape index (κ3) is 3.09. The van der Waals surface area contributed by atoms with Crippen LogP contribution in [0.4, 0.5) is 5.69 Å². The molecule has 0 spiro atoms. The average Bonchev–Trinajstić information content (AvgIpc) is 3.16. The summed E-state index contributed by atoms with van der Waals surface area (Å²) >= 11 is 7.24. The summed E-state index contributed by atoms with van der Waals surface area (Å²) in [6.45, 7) is 0. The molecule has 0 fully saturated rings. The molecule has 0 saturated heterocycles. The Morgan fingerprint density at radius 2 is 1.77 bits per heavy atom. The zero-order chi connectivity index (χ0) is 18.3. The van der Waals surface area contributed by atoms with Crippen molar-refractivity contribution in [3.05, 3.63) is 74.0 Å². The van der Waals surface area contributed by atoms with Gasteiger partial charge < -0.3 is 4.90 Å². The van der Waals surface area contributed by atoms with Crippen LogP contribution in [0.5, 0.6) is 0 Å². The van der Waals surface area contributed by atoms with Crippen molar-refractivity contribution in [1.82, 2.24) is 14.6 Å². The van der Waals surface area contributed by atoms with Gasteiger partial charge in [-0.1, -0.05) is 35.1 Å². The molecule has 0 saturated carbocycles. The van der Waals surface area contributed by atoms with Crippen molar-refractivity contribution in [2.24, 2.45) is 0 Å². The second-order valence-electron chi connectivity index (χ2n) is 6.04. The number of thiazole rings is 1. The first-order chi connectivity index (χ1) is 12.5. The lowest BCUT2D eigenvalue weighted by Crippen LogP contribution is -2.23. The summed E-state index contributed by atoms with van der Waals surface area (Å²) in [4.78, 5) is 19.7. The van der Waals surface area contributed by atoms with Crippen LogP contribution in [0.3, 0.4) is 0 Å². The standard InChI is InChI=1S/C19H15ClN4OS/c1-23(2)15-9-3-12(4-10-15)11-16-18(25)24-19(26-16)21-17(22-24)13-5-7-14(20)8-6-13/h3-11H,1-2H3/b16-11-. The monoisotopic (exact) mass is 382 g/mol. The van der Waals surface area contributed by atoms with Crippen molar-refractivity contribution in [2.75, 3.05) is 19.0 Å². The van der Waals surface area contributed by atoms with Crippen molar-refractivity contribution in [3.8, 4) is 11.4 Å². The van der Waals surface area contributed by atoms with Gasteiger partial charge in [-0.25, -0.2) is 0 Å². The van der Waals surface area contributed by atoms with E-state index in [1.165, 1.54) is 15.9 Å². The number of hydrogen-bond acceptors (Lipinski definition) is 5. The van der Waals surface area contributed by atoms with E-state index in [0.29, 0.717) is 20.3 Å². The van der Waals surface area contributed by atoms with Gasteiger partial charge >= 0.3 is 0 Å². The van der Waals surface area contributed by atoms with Gasteiger partial charge in [-0.15, -0.1) is 5.10 Å². The number of fused-ring (bicyclic) bond motifs is 1. The fraction of sp³-hybridized carbons (Fsp3) is 0.105. The highest BCUT2D eigenvalue weighted by atomic mass is 35.5. The van der Waals surface area contributed by atoms with E-state index in [4.69, 9.17) is 11.6 Å². The average molecular weight is 383 g/mol. The van der Waals surface area contributed by atoms with Crippen LogP contribution in [-0.2, 0) is 0 Å². The number of aromatic nitrogens is 3. The second-order valence-corrected chi connectivity index (χ2v) is 7.48. The number of anilines is 1. The summed E-state index contributed by atoms with van der Waals surface area (Å²) in [7, 11) is 3.99.